The lowest BCUT2D eigenvalue weighted by Crippen LogP contribution is -2.29. The lowest BCUT2D eigenvalue weighted by atomic mass is 9.89. The van der Waals surface area contributed by atoms with Crippen molar-refractivity contribution in [2.24, 2.45) is 5.92 Å². The summed E-state index contributed by atoms with van der Waals surface area (Å²) in [6.07, 6.45) is 4.86. The zero-order valence-corrected chi connectivity index (χ0v) is 11.0. The fourth-order valence-corrected chi connectivity index (χ4v) is 4.65. The molecule has 2 unspecified atom stereocenters. The first-order valence-electron chi connectivity index (χ1n) is 5.42. The molecule has 1 saturated carbocycles. The van der Waals surface area contributed by atoms with Crippen molar-refractivity contribution in [3.8, 4) is 0 Å². The predicted octanol–water partition coefficient (Wildman–Crippen LogP) is 1.41. The van der Waals surface area contributed by atoms with E-state index in [1.54, 1.807) is 0 Å². The maximum absolute atomic E-state index is 11.0. The zero-order chi connectivity index (χ0) is 12.2. The summed E-state index contributed by atoms with van der Waals surface area (Å²) in [5.41, 5.74) is 0. The van der Waals surface area contributed by atoms with Crippen LogP contribution in [0.1, 0.15) is 25.7 Å². The second-order valence-corrected chi connectivity index (χ2v) is 7.88. The Labute approximate surface area is 101 Å². The average Bonchev–Trinajstić information content (AvgIpc) is 2.16. The van der Waals surface area contributed by atoms with Crippen LogP contribution in [0.3, 0.4) is 0 Å². The number of aliphatic carboxylic acids is 1. The average molecular weight is 266 g/mol. The molecular weight excluding hydrogens is 248 g/mol. The molecule has 0 aromatic rings. The molecule has 0 aromatic heterocycles. The van der Waals surface area contributed by atoms with Crippen molar-refractivity contribution in [3.63, 3.8) is 0 Å². The maximum atomic E-state index is 11.0. The minimum absolute atomic E-state index is 0.0907. The van der Waals surface area contributed by atoms with Gasteiger partial charge in [-0.2, -0.15) is 11.8 Å². The van der Waals surface area contributed by atoms with Gasteiger partial charge in [0, 0.05) is 17.3 Å². The van der Waals surface area contributed by atoms with Crippen LogP contribution in [0.2, 0.25) is 0 Å². The van der Waals surface area contributed by atoms with Gasteiger partial charge in [0.1, 0.15) is 9.84 Å². The van der Waals surface area contributed by atoms with E-state index in [-0.39, 0.29) is 16.9 Å². The summed E-state index contributed by atoms with van der Waals surface area (Å²) < 4.78 is 21.9. The van der Waals surface area contributed by atoms with Crippen molar-refractivity contribution in [2.45, 2.75) is 30.9 Å². The van der Waals surface area contributed by atoms with E-state index in [1.807, 2.05) is 0 Å². The molecule has 1 N–H and O–H groups in total. The van der Waals surface area contributed by atoms with Crippen LogP contribution in [0.25, 0.3) is 0 Å². The van der Waals surface area contributed by atoms with Gasteiger partial charge >= 0.3 is 5.97 Å². The number of rotatable bonds is 5. The van der Waals surface area contributed by atoms with E-state index in [0.29, 0.717) is 5.75 Å². The van der Waals surface area contributed by atoms with E-state index < -0.39 is 15.8 Å². The lowest BCUT2D eigenvalue weighted by molar-refractivity contribution is -0.142. The molecule has 2 atom stereocenters. The standard InChI is InChI=1S/C10H18O4S2/c1-16(13,14)7-6-15-9-5-3-2-4-8(9)10(11)12/h8-9H,2-7H2,1H3,(H,11,12). The third kappa shape index (κ3) is 4.74. The number of carboxylic acid groups (broad SMARTS) is 1. The molecule has 6 heteroatoms. The topological polar surface area (TPSA) is 71.4 Å². The van der Waals surface area contributed by atoms with Crippen LogP contribution in [-0.2, 0) is 14.6 Å². The van der Waals surface area contributed by atoms with Gasteiger partial charge in [-0.15, -0.1) is 0 Å². The molecule has 0 saturated heterocycles. The minimum Gasteiger partial charge on any atom is -0.481 e. The highest BCUT2D eigenvalue weighted by atomic mass is 32.2. The summed E-state index contributed by atoms with van der Waals surface area (Å²) in [5.74, 6) is -0.386. The van der Waals surface area contributed by atoms with Gasteiger partial charge in [-0.25, -0.2) is 8.42 Å². The third-order valence-corrected chi connectivity index (χ3v) is 5.44. The summed E-state index contributed by atoms with van der Waals surface area (Å²) >= 11 is 1.50. The molecule has 0 bridgehead atoms. The summed E-state index contributed by atoms with van der Waals surface area (Å²) in [6.45, 7) is 0. The third-order valence-electron chi connectivity index (χ3n) is 2.81. The van der Waals surface area contributed by atoms with Crippen molar-refractivity contribution in [3.05, 3.63) is 0 Å². The van der Waals surface area contributed by atoms with Gasteiger partial charge in [0.2, 0.25) is 0 Å². The quantitative estimate of drug-likeness (QED) is 0.814. The van der Waals surface area contributed by atoms with Crippen LogP contribution in [0, 0.1) is 5.92 Å². The summed E-state index contributed by atoms with van der Waals surface area (Å²) in [7, 11) is -2.93. The van der Waals surface area contributed by atoms with Crippen LogP contribution in [-0.4, -0.2) is 42.5 Å². The zero-order valence-electron chi connectivity index (χ0n) is 9.39. The van der Waals surface area contributed by atoms with E-state index in [2.05, 4.69) is 0 Å². The second kappa shape index (κ2) is 5.91. The molecule has 16 heavy (non-hydrogen) atoms. The maximum Gasteiger partial charge on any atom is 0.307 e. The fraction of sp³-hybridized carbons (Fsp3) is 0.900. The molecule has 0 aromatic carbocycles. The minimum atomic E-state index is -2.93. The Bertz CT molecular complexity index is 337. The molecule has 0 heterocycles. The SMILES string of the molecule is CS(=O)(=O)CCSC1CCCCC1C(=O)O. The Morgan fingerprint density at radius 2 is 2.00 bits per heavy atom. The van der Waals surface area contributed by atoms with Gasteiger partial charge in [-0.1, -0.05) is 12.8 Å². The molecule has 94 valence electrons. The second-order valence-electron chi connectivity index (χ2n) is 4.27. The normalized spacial score (nSPS) is 26.6. The highest BCUT2D eigenvalue weighted by Crippen LogP contribution is 2.33. The van der Waals surface area contributed by atoms with Crippen LogP contribution in [0.5, 0.6) is 0 Å². The summed E-state index contributed by atoms with van der Waals surface area (Å²) in [5, 5.41) is 9.13. The van der Waals surface area contributed by atoms with Crippen LogP contribution in [0.4, 0.5) is 0 Å². The molecule has 0 radical (unpaired) electrons. The molecule has 1 aliphatic rings. The number of carboxylic acids is 1. The Morgan fingerprint density at radius 3 is 2.56 bits per heavy atom. The van der Waals surface area contributed by atoms with Crippen molar-refractivity contribution in [1.29, 1.82) is 0 Å². The van der Waals surface area contributed by atoms with Crippen molar-refractivity contribution in [1.82, 2.24) is 0 Å². The van der Waals surface area contributed by atoms with E-state index in [1.165, 1.54) is 18.0 Å². The van der Waals surface area contributed by atoms with Gasteiger partial charge in [-0.3, -0.25) is 4.79 Å². The molecule has 1 aliphatic carbocycles. The Kier molecular flexibility index (Phi) is 5.11. The number of hydrogen-bond acceptors (Lipinski definition) is 4. The van der Waals surface area contributed by atoms with E-state index >= 15 is 0 Å². The van der Waals surface area contributed by atoms with Crippen LogP contribution in [0.15, 0.2) is 0 Å². The highest BCUT2D eigenvalue weighted by Gasteiger charge is 2.30. The highest BCUT2D eigenvalue weighted by molar-refractivity contribution is 8.01. The van der Waals surface area contributed by atoms with Crippen LogP contribution >= 0.6 is 11.8 Å². The van der Waals surface area contributed by atoms with Gasteiger partial charge in [-0.05, 0) is 12.8 Å². The lowest BCUT2D eigenvalue weighted by Gasteiger charge is -2.27. The molecule has 0 amide bonds. The Hall–Kier alpha value is -0.230. The Morgan fingerprint density at radius 1 is 1.38 bits per heavy atom. The first-order valence-corrected chi connectivity index (χ1v) is 8.53. The van der Waals surface area contributed by atoms with E-state index in [0.717, 1.165) is 25.7 Å². The van der Waals surface area contributed by atoms with Gasteiger partial charge in [0.25, 0.3) is 0 Å². The monoisotopic (exact) mass is 266 g/mol. The Balaban J connectivity index is 2.41. The molecule has 1 fully saturated rings. The van der Waals surface area contributed by atoms with Crippen molar-refractivity contribution >= 4 is 27.6 Å². The predicted molar refractivity (Wildman–Crippen MR) is 65.6 cm³/mol. The fourth-order valence-electron chi connectivity index (χ4n) is 1.93. The smallest absolute Gasteiger partial charge is 0.307 e. The summed E-state index contributed by atoms with van der Waals surface area (Å²) in [6, 6.07) is 0. The van der Waals surface area contributed by atoms with Crippen molar-refractivity contribution < 1.29 is 18.3 Å². The number of hydrogen-bond donors (Lipinski definition) is 1. The molecule has 1 rings (SSSR count). The number of sulfone groups is 1. The van der Waals surface area contributed by atoms with Crippen molar-refractivity contribution in [2.75, 3.05) is 17.8 Å². The van der Waals surface area contributed by atoms with Crippen LogP contribution < -0.4 is 0 Å². The van der Waals surface area contributed by atoms with Gasteiger partial charge in [0.15, 0.2) is 0 Å². The number of carbonyl (C=O) groups is 1. The first-order chi connectivity index (χ1) is 7.40. The largest absolute Gasteiger partial charge is 0.481 e. The molecular formula is C10H18O4S2. The number of thioether (sulfide) groups is 1. The molecule has 0 spiro atoms. The molecule has 0 aliphatic heterocycles. The summed E-state index contributed by atoms with van der Waals surface area (Å²) in [4.78, 5) is 11.0. The first kappa shape index (κ1) is 13.8. The van der Waals surface area contributed by atoms with Gasteiger partial charge < -0.3 is 5.11 Å². The van der Waals surface area contributed by atoms with E-state index in [9.17, 15) is 13.2 Å². The van der Waals surface area contributed by atoms with Gasteiger partial charge in [0.05, 0.1) is 11.7 Å². The van der Waals surface area contributed by atoms with E-state index in [4.69, 9.17) is 5.11 Å². The molecule has 4 nitrogen and oxygen atoms in total.